The maximum Gasteiger partial charge on any atom is 0.213 e. The van der Waals surface area contributed by atoms with Crippen molar-refractivity contribution >= 4 is 0 Å². The van der Waals surface area contributed by atoms with Gasteiger partial charge in [0, 0.05) is 17.8 Å². The molecule has 1 N–H and O–H groups in total. The van der Waals surface area contributed by atoms with Crippen molar-refractivity contribution in [2.24, 2.45) is 5.92 Å². The summed E-state index contributed by atoms with van der Waals surface area (Å²) in [5, 5.41) is 10.1. The van der Waals surface area contributed by atoms with E-state index in [-0.39, 0.29) is 0 Å². The molecule has 1 heterocycles. The van der Waals surface area contributed by atoms with Gasteiger partial charge in [0.2, 0.25) is 5.88 Å². The van der Waals surface area contributed by atoms with Crippen molar-refractivity contribution in [3.8, 4) is 5.88 Å². The van der Waals surface area contributed by atoms with Crippen molar-refractivity contribution in [2.75, 3.05) is 6.61 Å². The number of aromatic nitrogens is 1. The van der Waals surface area contributed by atoms with Crippen molar-refractivity contribution < 1.29 is 9.84 Å². The summed E-state index contributed by atoms with van der Waals surface area (Å²) in [6.07, 6.45) is 7.15. The van der Waals surface area contributed by atoms with Gasteiger partial charge in [0.1, 0.15) is 0 Å². The molecule has 16 heavy (non-hydrogen) atoms. The Labute approximate surface area is 95.5 Å². The number of ether oxygens (including phenoxy) is 1. The molecule has 3 heteroatoms. The average Bonchev–Trinajstić information content (AvgIpc) is 3.08. The van der Waals surface area contributed by atoms with E-state index in [0.717, 1.165) is 37.4 Å². The fraction of sp³-hybridized carbons (Fsp3) is 0.615. The first-order valence-corrected chi connectivity index (χ1v) is 6.08. The predicted octanol–water partition coefficient (Wildman–Crippen LogP) is 2.24. The molecule has 0 radical (unpaired) electrons. The van der Waals surface area contributed by atoms with Crippen LogP contribution in [0.1, 0.15) is 37.7 Å². The first kappa shape index (κ1) is 10.1. The highest BCUT2D eigenvalue weighted by Crippen LogP contribution is 2.40. The van der Waals surface area contributed by atoms with Crippen LogP contribution in [0, 0.1) is 5.92 Å². The van der Waals surface area contributed by atoms with Crippen LogP contribution in [-0.2, 0) is 5.60 Å². The molecule has 1 aromatic heterocycles. The number of rotatable bonds is 4. The van der Waals surface area contributed by atoms with Gasteiger partial charge >= 0.3 is 0 Å². The summed E-state index contributed by atoms with van der Waals surface area (Å²) < 4.78 is 5.56. The zero-order valence-corrected chi connectivity index (χ0v) is 9.35. The van der Waals surface area contributed by atoms with Gasteiger partial charge in [0.15, 0.2) is 0 Å². The van der Waals surface area contributed by atoms with Crippen LogP contribution < -0.4 is 4.74 Å². The normalized spacial score (nSPS) is 22.6. The van der Waals surface area contributed by atoms with E-state index in [9.17, 15) is 5.11 Å². The Morgan fingerprint density at radius 3 is 2.69 bits per heavy atom. The van der Waals surface area contributed by atoms with Crippen molar-refractivity contribution in [3.63, 3.8) is 0 Å². The van der Waals surface area contributed by atoms with Crippen molar-refractivity contribution in [1.82, 2.24) is 4.98 Å². The van der Waals surface area contributed by atoms with Crippen molar-refractivity contribution in [1.29, 1.82) is 0 Å². The van der Waals surface area contributed by atoms with E-state index < -0.39 is 5.60 Å². The molecule has 2 aliphatic carbocycles. The molecule has 86 valence electrons. The third-order valence-corrected chi connectivity index (χ3v) is 3.62. The zero-order chi connectivity index (χ0) is 11.0. The van der Waals surface area contributed by atoms with Crippen LogP contribution in [-0.4, -0.2) is 16.7 Å². The summed E-state index contributed by atoms with van der Waals surface area (Å²) >= 11 is 0. The van der Waals surface area contributed by atoms with Gasteiger partial charge in [-0.25, -0.2) is 4.98 Å². The Balaban J connectivity index is 1.64. The van der Waals surface area contributed by atoms with Crippen LogP contribution in [0.2, 0.25) is 0 Å². The predicted molar refractivity (Wildman–Crippen MR) is 60.2 cm³/mol. The Morgan fingerprint density at radius 2 is 2.19 bits per heavy atom. The average molecular weight is 219 g/mol. The Hall–Kier alpha value is -1.09. The lowest BCUT2D eigenvalue weighted by Crippen LogP contribution is -2.33. The van der Waals surface area contributed by atoms with Crippen LogP contribution in [0.5, 0.6) is 5.88 Å². The van der Waals surface area contributed by atoms with Crippen molar-refractivity contribution in [3.05, 3.63) is 23.9 Å². The number of hydrogen-bond donors (Lipinski definition) is 1. The molecular formula is C13H17NO2. The van der Waals surface area contributed by atoms with Crippen LogP contribution in [0.4, 0.5) is 0 Å². The van der Waals surface area contributed by atoms with Crippen LogP contribution >= 0.6 is 0 Å². The Morgan fingerprint density at radius 1 is 1.38 bits per heavy atom. The molecule has 0 bridgehead atoms. The van der Waals surface area contributed by atoms with Crippen molar-refractivity contribution in [2.45, 2.75) is 37.7 Å². The van der Waals surface area contributed by atoms with Crippen LogP contribution in [0.3, 0.4) is 0 Å². The van der Waals surface area contributed by atoms with Gasteiger partial charge in [-0.15, -0.1) is 0 Å². The lowest BCUT2D eigenvalue weighted by atomic mass is 9.76. The van der Waals surface area contributed by atoms with E-state index in [1.807, 2.05) is 12.1 Å². The van der Waals surface area contributed by atoms with Crippen LogP contribution in [0.25, 0.3) is 0 Å². The van der Waals surface area contributed by atoms with E-state index in [1.165, 1.54) is 12.8 Å². The molecule has 0 aliphatic heterocycles. The van der Waals surface area contributed by atoms with Gasteiger partial charge in [0.05, 0.1) is 12.2 Å². The van der Waals surface area contributed by atoms with Gasteiger partial charge in [-0.2, -0.15) is 0 Å². The summed E-state index contributed by atoms with van der Waals surface area (Å²) in [6, 6.07) is 3.81. The monoisotopic (exact) mass is 219 g/mol. The van der Waals surface area contributed by atoms with E-state index >= 15 is 0 Å². The quantitative estimate of drug-likeness (QED) is 0.844. The largest absolute Gasteiger partial charge is 0.477 e. The third-order valence-electron chi connectivity index (χ3n) is 3.62. The summed E-state index contributed by atoms with van der Waals surface area (Å²) in [6.45, 7) is 0.788. The van der Waals surface area contributed by atoms with E-state index in [1.54, 1.807) is 6.20 Å². The molecule has 0 unspecified atom stereocenters. The zero-order valence-electron chi connectivity index (χ0n) is 9.35. The molecule has 2 aliphatic rings. The van der Waals surface area contributed by atoms with E-state index in [4.69, 9.17) is 4.74 Å². The highest BCUT2D eigenvalue weighted by Gasteiger charge is 2.36. The van der Waals surface area contributed by atoms with Gasteiger partial charge in [-0.05, 0) is 44.1 Å². The minimum absolute atomic E-state index is 0.609. The lowest BCUT2D eigenvalue weighted by Gasteiger charge is -2.36. The molecule has 2 saturated carbocycles. The molecule has 0 spiro atoms. The fourth-order valence-corrected chi connectivity index (χ4v) is 2.03. The highest BCUT2D eigenvalue weighted by molar-refractivity contribution is 5.25. The molecule has 1 aromatic rings. The lowest BCUT2D eigenvalue weighted by molar-refractivity contribution is -0.0391. The van der Waals surface area contributed by atoms with Crippen LogP contribution in [0.15, 0.2) is 18.3 Å². The first-order valence-electron chi connectivity index (χ1n) is 6.08. The number of nitrogens with zero attached hydrogens (tertiary/aromatic N) is 1. The summed E-state index contributed by atoms with van der Waals surface area (Å²) in [5.41, 5.74) is 0.319. The maximum atomic E-state index is 10.1. The molecule has 0 saturated heterocycles. The topological polar surface area (TPSA) is 42.4 Å². The minimum atomic E-state index is -0.609. The smallest absolute Gasteiger partial charge is 0.213 e. The third kappa shape index (κ3) is 1.92. The van der Waals surface area contributed by atoms with Gasteiger partial charge in [-0.1, -0.05) is 0 Å². The van der Waals surface area contributed by atoms with E-state index in [0.29, 0.717) is 5.88 Å². The molecule has 3 rings (SSSR count). The Kier molecular flexibility index (Phi) is 2.36. The molecular weight excluding hydrogens is 202 g/mol. The standard InChI is InChI=1S/C13H17NO2/c15-13(6-1-7-13)11-4-5-12(14-8-11)16-9-10-2-3-10/h4-5,8,10,15H,1-3,6-7,9H2. The number of pyridine rings is 1. The highest BCUT2D eigenvalue weighted by atomic mass is 16.5. The summed E-state index contributed by atoms with van der Waals surface area (Å²) in [4.78, 5) is 4.24. The van der Waals surface area contributed by atoms with Gasteiger partial charge in [-0.3, -0.25) is 0 Å². The van der Waals surface area contributed by atoms with Gasteiger partial charge in [0.25, 0.3) is 0 Å². The SMILES string of the molecule is OC1(c2ccc(OCC3CC3)nc2)CCC1. The molecule has 3 nitrogen and oxygen atoms in total. The second kappa shape index (κ2) is 3.74. The second-order valence-electron chi connectivity index (χ2n) is 5.02. The number of hydrogen-bond acceptors (Lipinski definition) is 3. The number of aliphatic hydroxyl groups is 1. The molecule has 2 fully saturated rings. The van der Waals surface area contributed by atoms with E-state index in [2.05, 4.69) is 4.98 Å². The molecule has 0 aromatic carbocycles. The molecule has 0 amide bonds. The summed E-state index contributed by atoms with van der Waals surface area (Å²) in [7, 11) is 0. The maximum absolute atomic E-state index is 10.1. The first-order chi connectivity index (χ1) is 7.76. The van der Waals surface area contributed by atoms with Gasteiger partial charge < -0.3 is 9.84 Å². The fourth-order valence-electron chi connectivity index (χ4n) is 2.03. The second-order valence-corrected chi connectivity index (χ2v) is 5.02. The molecule has 0 atom stereocenters. The minimum Gasteiger partial charge on any atom is -0.477 e. The summed E-state index contributed by atoms with van der Waals surface area (Å²) in [5.74, 6) is 1.43. The Bertz CT molecular complexity index is 366.